The van der Waals surface area contributed by atoms with Crippen LogP contribution >= 0.6 is 0 Å². The molecule has 0 bridgehead atoms. The fraction of sp³-hybridized carbons (Fsp3) is 0.318. The van der Waals surface area contributed by atoms with Crippen LogP contribution in [0.15, 0.2) is 54.6 Å². The van der Waals surface area contributed by atoms with Crippen molar-refractivity contribution >= 4 is 12.0 Å². The summed E-state index contributed by atoms with van der Waals surface area (Å²) >= 11 is 0. The van der Waals surface area contributed by atoms with Gasteiger partial charge in [0.15, 0.2) is 11.5 Å². The zero-order valence-corrected chi connectivity index (χ0v) is 15.5. The number of carbonyl (C=O) groups is 1. The summed E-state index contributed by atoms with van der Waals surface area (Å²) in [7, 11) is 0. The zero-order valence-electron chi connectivity index (χ0n) is 15.5. The summed E-state index contributed by atoms with van der Waals surface area (Å²) in [6, 6.07) is 15.8. The smallest absolute Gasteiger partial charge is 0.244 e. The van der Waals surface area contributed by atoms with Gasteiger partial charge in [-0.2, -0.15) is 0 Å². The lowest BCUT2D eigenvalue weighted by Crippen LogP contribution is -2.40. The Labute approximate surface area is 154 Å². The Morgan fingerprint density at radius 2 is 1.81 bits per heavy atom. The van der Waals surface area contributed by atoms with E-state index in [1.165, 1.54) is 5.56 Å². The largest absolute Gasteiger partial charge is 0.486 e. The van der Waals surface area contributed by atoms with Crippen LogP contribution < -0.4 is 14.8 Å². The van der Waals surface area contributed by atoms with Crippen molar-refractivity contribution in [2.75, 3.05) is 13.2 Å². The van der Waals surface area contributed by atoms with Crippen LogP contribution in [0.5, 0.6) is 11.5 Å². The second-order valence-corrected chi connectivity index (χ2v) is 7.45. The second-order valence-electron chi connectivity index (χ2n) is 7.45. The highest BCUT2D eigenvalue weighted by Gasteiger charge is 2.20. The fourth-order valence-corrected chi connectivity index (χ4v) is 2.70. The highest BCUT2D eigenvalue weighted by Crippen LogP contribution is 2.30. The van der Waals surface area contributed by atoms with Crippen molar-refractivity contribution in [2.45, 2.75) is 32.3 Å². The van der Waals surface area contributed by atoms with Gasteiger partial charge in [-0.05, 0) is 34.8 Å². The van der Waals surface area contributed by atoms with E-state index in [4.69, 9.17) is 9.47 Å². The summed E-state index contributed by atoms with van der Waals surface area (Å²) in [5.41, 5.74) is 2.40. The molecular formula is C22H25NO3. The Hall–Kier alpha value is -2.75. The van der Waals surface area contributed by atoms with Crippen molar-refractivity contribution in [2.24, 2.45) is 0 Å². The summed E-state index contributed by atoms with van der Waals surface area (Å²) < 4.78 is 11.5. The first-order chi connectivity index (χ1) is 12.4. The van der Waals surface area contributed by atoms with E-state index in [1.54, 1.807) is 6.08 Å². The number of nitrogens with one attached hydrogen (secondary N) is 1. The van der Waals surface area contributed by atoms with E-state index in [2.05, 4.69) is 38.2 Å². The van der Waals surface area contributed by atoms with Gasteiger partial charge in [-0.15, -0.1) is 0 Å². The number of hydrogen-bond acceptors (Lipinski definition) is 3. The first-order valence-electron chi connectivity index (χ1n) is 8.87. The average molecular weight is 351 g/mol. The number of fused-ring (bicyclic) bond motifs is 1. The summed E-state index contributed by atoms with van der Waals surface area (Å²) in [6.45, 7) is 7.37. The molecule has 1 amide bonds. The molecule has 136 valence electrons. The molecule has 0 spiro atoms. The standard InChI is InChI=1S/C22H25NO3/c1-22(2,3)17-11-8-16(9-12-17)10-13-21(24)23-14-18-15-25-19-6-4-5-7-20(19)26-18/h4-13,18H,14-15H2,1-3H3,(H,23,24)/b13-10+/t18-/m0/s1. The van der Waals surface area contributed by atoms with Crippen molar-refractivity contribution < 1.29 is 14.3 Å². The number of ether oxygens (including phenoxy) is 2. The van der Waals surface area contributed by atoms with Gasteiger partial charge in [0.1, 0.15) is 12.7 Å². The molecule has 26 heavy (non-hydrogen) atoms. The average Bonchev–Trinajstić information content (AvgIpc) is 2.64. The molecule has 3 rings (SSSR count). The Bertz CT molecular complexity index is 788. The predicted molar refractivity (Wildman–Crippen MR) is 104 cm³/mol. The molecule has 2 aromatic carbocycles. The summed E-state index contributed by atoms with van der Waals surface area (Å²) in [6.07, 6.45) is 3.17. The van der Waals surface area contributed by atoms with E-state index >= 15 is 0 Å². The third kappa shape index (κ3) is 4.66. The molecule has 0 fully saturated rings. The number of amides is 1. The summed E-state index contributed by atoms with van der Waals surface area (Å²) in [5, 5.41) is 2.86. The Morgan fingerprint density at radius 3 is 2.50 bits per heavy atom. The molecule has 1 N–H and O–H groups in total. The Morgan fingerprint density at radius 1 is 1.12 bits per heavy atom. The van der Waals surface area contributed by atoms with Gasteiger partial charge in [0.25, 0.3) is 0 Å². The van der Waals surface area contributed by atoms with Gasteiger partial charge in [-0.25, -0.2) is 0 Å². The van der Waals surface area contributed by atoms with Crippen molar-refractivity contribution in [3.05, 3.63) is 65.7 Å². The maximum absolute atomic E-state index is 12.0. The van der Waals surface area contributed by atoms with Crippen LogP contribution in [0.4, 0.5) is 0 Å². The number of benzene rings is 2. The van der Waals surface area contributed by atoms with Crippen LogP contribution in [0.3, 0.4) is 0 Å². The lowest BCUT2D eigenvalue weighted by molar-refractivity contribution is -0.116. The topological polar surface area (TPSA) is 47.6 Å². The first-order valence-corrected chi connectivity index (χ1v) is 8.87. The van der Waals surface area contributed by atoms with E-state index in [-0.39, 0.29) is 17.4 Å². The number of para-hydroxylation sites is 2. The molecule has 0 aliphatic carbocycles. The molecule has 0 saturated carbocycles. The summed E-state index contributed by atoms with van der Waals surface area (Å²) in [5.74, 6) is 1.31. The van der Waals surface area contributed by atoms with Crippen LogP contribution in [0.1, 0.15) is 31.9 Å². The second kappa shape index (κ2) is 7.65. The Balaban J connectivity index is 1.49. The minimum absolute atomic E-state index is 0.125. The molecule has 0 saturated heterocycles. The Kier molecular flexibility index (Phi) is 5.31. The molecule has 0 radical (unpaired) electrons. The highest BCUT2D eigenvalue weighted by molar-refractivity contribution is 5.91. The molecule has 0 aromatic heterocycles. The maximum atomic E-state index is 12.0. The molecule has 1 heterocycles. The maximum Gasteiger partial charge on any atom is 0.244 e. The van der Waals surface area contributed by atoms with Crippen LogP contribution in [0, 0.1) is 0 Å². The van der Waals surface area contributed by atoms with Crippen molar-refractivity contribution in [3.8, 4) is 11.5 Å². The van der Waals surface area contributed by atoms with E-state index in [1.807, 2.05) is 42.5 Å². The molecule has 2 aromatic rings. The fourth-order valence-electron chi connectivity index (χ4n) is 2.70. The highest BCUT2D eigenvalue weighted by atomic mass is 16.6. The molecule has 0 unspecified atom stereocenters. The van der Waals surface area contributed by atoms with Crippen LogP contribution in [-0.4, -0.2) is 25.2 Å². The number of rotatable bonds is 4. The van der Waals surface area contributed by atoms with Crippen LogP contribution in [0.2, 0.25) is 0 Å². The molecule has 1 aliphatic heterocycles. The van der Waals surface area contributed by atoms with Gasteiger partial charge < -0.3 is 14.8 Å². The lowest BCUT2D eigenvalue weighted by atomic mass is 9.87. The number of carbonyl (C=O) groups excluding carboxylic acids is 1. The monoisotopic (exact) mass is 351 g/mol. The van der Waals surface area contributed by atoms with E-state index in [0.717, 1.165) is 11.3 Å². The van der Waals surface area contributed by atoms with E-state index < -0.39 is 0 Å². The minimum atomic E-state index is -0.187. The van der Waals surface area contributed by atoms with Gasteiger partial charge in [-0.3, -0.25) is 4.79 Å². The van der Waals surface area contributed by atoms with Gasteiger partial charge >= 0.3 is 0 Å². The van der Waals surface area contributed by atoms with E-state index in [9.17, 15) is 4.79 Å². The van der Waals surface area contributed by atoms with Gasteiger partial charge in [0.05, 0.1) is 6.54 Å². The van der Waals surface area contributed by atoms with Crippen molar-refractivity contribution in [1.82, 2.24) is 5.32 Å². The van der Waals surface area contributed by atoms with Crippen LogP contribution in [-0.2, 0) is 10.2 Å². The predicted octanol–water partition coefficient (Wildman–Crippen LogP) is 3.95. The molecule has 4 nitrogen and oxygen atoms in total. The third-order valence-electron chi connectivity index (χ3n) is 4.28. The quantitative estimate of drug-likeness (QED) is 0.849. The van der Waals surface area contributed by atoms with Crippen molar-refractivity contribution in [1.29, 1.82) is 0 Å². The molecule has 4 heteroatoms. The third-order valence-corrected chi connectivity index (χ3v) is 4.28. The lowest BCUT2D eigenvalue weighted by Gasteiger charge is -2.26. The van der Waals surface area contributed by atoms with Crippen molar-refractivity contribution in [3.63, 3.8) is 0 Å². The van der Waals surface area contributed by atoms with E-state index in [0.29, 0.717) is 18.9 Å². The van der Waals surface area contributed by atoms with Crippen LogP contribution in [0.25, 0.3) is 6.08 Å². The summed E-state index contributed by atoms with van der Waals surface area (Å²) in [4.78, 5) is 12.0. The molecular weight excluding hydrogens is 326 g/mol. The SMILES string of the molecule is CC(C)(C)c1ccc(/C=C/C(=O)NC[C@H]2COc3ccccc3O2)cc1. The minimum Gasteiger partial charge on any atom is -0.486 e. The molecule has 1 aliphatic rings. The molecule has 1 atom stereocenters. The van der Waals surface area contributed by atoms with Gasteiger partial charge in [-0.1, -0.05) is 57.2 Å². The van der Waals surface area contributed by atoms with Gasteiger partial charge in [0.2, 0.25) is 5.91 Å². The van der Waals surface area contributed by atoms with Gasteiger partial charge in [0, 0.05) is 6.08 Å². The zero-order chi connectivity index (χ0) is 18.6. The normalized spacial score (nSPS) is 16.5. The number of hydrogen-bond donors (Lipinski definition) is 1. The first kappa shape index (κ1) is 18.1.